The van der Waals surface area contributed by atoms with Crippen LogP contribution < -0.4 is 4.90 Å². The van der Waals surface area contributed by atoms with Gasteiger partial charge in [0.25, 0.3) is 0 Å². The van der Waals surface area contributed by atoms with Crippen LogP contribution in [-0.2, 0) is 27.3 Å². The molecule has 0 aliphatic carbocycles. The first-order chi connectivity index (χ1) is 14.8. The van der Waals surface area contributed by atoms with Crippen molar-refractivity contribution in [2.45, 2.75) is 46.1 Å². The maximum atomic E-state index is 14.1. The topological polar surface area (TPSA) is 59.5 Å². The summed E-state index contributed by atoms with van der Waals surface area (Å²) in [5.41, 5.74) is 0.670. The molecule has 1 amide bonds. The lowest BCUT2D eigenvalue weighted by molar-refractivity contribution is -0.144. The molecule has 0 bridgehead atoms. The third kappa shape index (κ3) is 5.43. The van der Waals surface area contributed by atoms with Gasteiger partial charge in [0.05, 0.1) is 29.3 Å². The highest BCUT2D eigenvalue weighted by Crippen LogP contribution is 2.32. The predicted octanol–water partition coefficient (Wildman–Crippen LogP) is 5.60. The Morgan fingerprint density at radius 1 is 1.13 bits per heavy atom. The fourth-order valence-electron chi connectivity index (χ4n) is 3.02. The Morgan fingerprint density at radius 3 is 2.61 bits per heavy atom. The molecule has 1 aromatic carbocycles. The first-order valence-electron chi connectivity index (χ1n) is 9.80. The third-order valence-electron chi connectivity index (χ3n) is 4.45. The van der Waals surface area contributed by atoms with E-state index >= 15 is 0 Å². The third-order valence-corrected chi connectivity index (χ3v) is 6.50. The zero-order valence-corrected chi connectivity index (χ0v) is 18.7. The van der Waals surface area contributed by atoms with Crippen molar-refractivity contribution in [3.63, 3.8) is 0 Å². The van der Waals surface area contributed by atoms with Crippen molar-refractivity contribution in [3.05, 3.63) is 45.5 Å². The fraction of sp³-hybridized carbons (Fsp3) is 0.381. The molecule has 5 nitrogen and oxygen atoms in total. The minimum Gasteiger partial charge on any atom is -0.466 e. The van der Waals surface area contributed by atoms with Crippen LogP contribution >= 0.6 is 22.7 Å². The molecule has 0 aliphatic rings. The lowest BCUT2D eigenvalue weighted by atomic mass is 10.2. The molecule has 0 spiro atoms. The first kappa shape index (κ1) is 23.2. The Bertz CT molecular complexity index is 1100. The van der Waals surface area contributed by atoms with Crippen molar-refractivity contribution in [2.24, 2.45) is 0 Å². The highest BCUT2D eigenvalue weighted by Gasteiger charge is 2.23. The second kappa shape index (κ2) is 10.2. The molecule has 0 saturated carbocycles. The lowest BCUT2D eigenvalue weighted by Crippen LogP contribution is -2.30. The molecule has 31 heavy (non-hydrogen) atoms. The lowest BCUT2D eigenvalue weighted by Gasteiger charge is -2.19. The van der Waals surface area contributed by atoms with E-state index in [1.807, 2.05) is 18.4 Å². The van der Waals surface area contributed by atoms with Gasteiger partial charge in [-0.1, -0.05) is 13.3 Å². The predicted molar refractivity (Wildman–Crippen MR) is 115 cm³/mol. The number of hydrogen-bond acceptors (Lipinski definition) is 6. The number of aromatic nitrogens is 1. The van der Waals surface area contributed by atoms with Gasteiger partial charge in [0.2, 0.25) is 5.91 Å². The number of thiazole rings is 1. The summed E-state index contributed by atoms with van der Waals surface area (Å²) in [7, 11) is 0. The molecule has 3 rings (SSSR count). The normalized spacial score (nSPS) is 11.1. The van der Waals surface area contributed by atoms with Gasteiger partial charge in [0, 0.05) is 12.5 Å². The number of nitrogens with zero attached hydrogens (tertiary/aromatic N) is 2. The SMILES string of the molecule is CCCc1csc(N(Cc2nc3c(F)c(F)cc(F)c3s2)C(=O)CCC(=O)OCC)c1. The average molecular weight is 471 g/mol. The summed E-state index contributed by atoms with van der Waals surface area (Å²) in [6, 6.07) is 2.36. The molecule has 0 saturated heterocycles. The standard InChI is InChI=1S/C21H21F3N2O3S2/c1-3-5-12-8-17(30-11-12)26(16(27)6-7-18(28)29-4-2)10-15-25-20-19(24)13(22)9-14(23)21(20)31-15/h8-9,11H,3-7,10H2,1-2H3. The number of amides is 1. The smallest absolute Gasteiger partial charge is 0.306 e. The van der Waals surface area contributed by atoms with E-state index in [1.165, 1.54) is 16.2 Å². The summed E-state index contributed by atoms with van der Waals surface area (Å²) in [5, 5.41) is 2.84. The van der Waals surface area contributed by atoms with Crippen LogP contribution in [0.4, 0.5) is 18.2 Å². The maximum Gasteiger partial charge on any atom is 0.306 e. The van der Waals surface area contributed by atoms with Crippen molar-refractivity contribution >= 4 is 49.8 Å². The Kier molecular flexibility index (Phi) is 7.66. The van der Waals surface area contributed by atoms with Gasteiger partial charge in [0.1, 0.15) is 16.3 Å². The molecule has 0 radical (unpaired) electrons. The number of carbonyl (C=O) groups excluding carboxylic acids is 2. The number of rotatable bonds is 9. The molecule has 166 valence electrons. The van der Waals surface area contributed by atoms with E-state index in [4.69, 9.17) is 4.74 Å². The van der Waals surface area contributed by atoms with E-state index < -0.39 is 28.9 Å². The van der Waals surface area contributed by atoms with E-state index in [-0.39, 0.29) is 41.6 Å². The molecule has 0 aliphatic heterocycles. The second-order valence-corrected chi connectivity index (χ2v) is 8.74. The van der Waals surface area contributed by atoms with Gasteiger partial charge in [-0.15, -0.1) is 22.7 Å². The molecule has 10 heteroatoms. The second-order valence-electron chi connectivity index (χ2n) is 6.77. The number of hydrogen-bond donors (Lipinski definition) is 0. The average Bonchev–Trinajstić information content (AvgIpc) is 3.36. The fourth-order valence-corrected chi connectivity index (χ4v) is 4.95. The largest absolute Gasteiger partial charge is 0.466 e. The van der Waals surface area contributed by atoms with Gasteiger partial charge in [0.15, 0.2) is 11.6 Å². The van der Waals surface area contributed by atoms with Crippen LogP contribution in [0.2, 0.25) is 0 Å². The number of carbonyl (C=O) groups is 2. The molecule has 0 unspecified atom stereocenters. The van der Waals surface area contributed by atoms with E-state index in [0.29, 0.717) is 11.1 Å². The minimum absolute atomic E-state index is 0.0480. The molecule has 0 fully saturated rings. The van der Waals surface area contributed by atoms with Gasteiger partial charge in [-0.25, -0.2) is 18.2 Å². The number of fused-ring (bicyclic) bond motifs is 1. The Hall–Kier alpha value is -2.46. The van der Waals surface area contributed by atoms with Crippen molar-refractivity contribution in [1.29, 1.82) is 0 Å². The molecule has 2 aromatic heterocycles. The minimum atomic E-state index is -1.31. The van der Waals surface area contributed by atoms with E-state index in [2.05, 4.69) is 4.98 Å². The molecular formula is C21H21F3N2O3S2. The van der Waals surface area contributed by atoms with Crippen LogP contribution in [0.3, 0.4) is 0 Å². The highest BCUT2D eigenvalue weighted by atomic mass is 32.1. The summed E-state index contributed by atoms with van der Waals surface area (Å²) >= 11 is 2.23. The van der Waals surface area contributed by atoms with Crippen LogP contribution in [0.1, 0.15) is 43.7 Å². The van der Waals surface area contributed by atoms with Gasteiger partial charge < -0.3 is 4.74 Å². The highest BCUT2D eigenvalue weighted by molar-refractivity contribution is 7.18. The van der Waals surface area contributed by atoms with Gasteiger partial charge in [-0.3, -0.25) is 14.5 Å². The number of thiophene rings is 1. The number of benzene rings is 1. The van der Waals surface area contributed by atoms with Crippen molar-refractivity contribution < 1.29 is 27.5 Å². The number of esters is 1. The number of aryl methyl sites for hydroxylation is 1. The molecule has 0 atom stereocenters. The quantitative estimate of drug-likeness (QED) is 0.302. The maximum absolute atomic E-state index is 14.1. The van der Waals surface area contributed by atoms with Gasteiger partial charge in [-0.05, 0) is 30.4 Å². The van der Waals surface area contributed by atoms with E-state index in [1.54, 1.807) is 6.92 Å². The number of halogens is 3. The Labute approximate surface area is 185 Å². The molecular weight excluding hydrogens is 449 g/mol. The summed E-state index contributed by atoms with van der Waals surface area (Å²) in [5.74, 6) is -4.26. The molecule has 0 N–H and O–H groups in total. The first-order valence-corrected chi connectivity index (χ1v) is 11.5. The zero-order chi connectivity index (χ0) is 22.5. The van der Waals surface area contributed by atoms with E-state index in [0.717, 1.165) is 29.7 Å². The van der Waals surface area contributed by atoms with Crippen LogP contribution in [0.25, 0.3) is 10.2 Å². The number of ether oxygens (including phenoxy) is 1. The van der Waals surface area contributed by atoms with Crippen LogP contribution in [0, 0.1) is 17.5 Å². The van der Waals surface area contributed by atoms with Crippen LogP contribution in [0.15, 0.2) is 17.5 Å². The number of anilines is 1. The van der Waals surface area contributed by atoms with Crippen LogP contribution in [-0.4, -0.2) is 23.5 Å². The summed E-state index contributed by atoms with van der Waals surface area (Å²) < 4.78 is 46.4. The summed E-state index contributed by atoms with van der Waals surface area (Å²) in [6.45, 7) is 3.90. The molecule has 3 aromatic rings. The van der Waals surface area contributed by atoms with Crippen molar-refractivity contribution in [2.75, 3.05) is 11.5 Å². The van der Waals surface area contributed by atoms with E-state index in [9.17, 15) is 22.8 Å². The Balaban J connectivity index is 1.89. The van der Waals surface area contributed by atoms with Crippen molar-refractivity contribution in [1.82, 2.24) is 4.98 Å². The van der Waals surface area contributed by atoms with Gasteiger partial charge in [-0.2, -0.15) is 0 Å². The summed E-state index contributed by atoms with van der Waals surface area (Å²) in [4.78, 5) is 30.0. The zero-order valence-electron chi connectivity index (χ0n) is 17.0. The van der Waals surface area contributed by atoms with Crippen LogP contribution in [0.5, 0.6) is 0 Å². The molecule has 2 heterocycles. The van der Waals surface area contributed by atoms with Gasteiger partial charge >= 0.3 is 5.97 Å². The Morgan fingerprint density at radius 2 is 1.90 bits per heavy atom. The summed E-state index contributed by atoms with van der Waals surface area (Å²) in [6.07, 6.45) is 1.62. The monoisotopic (exact) mass is 470 g/mol. The van der Waals surface area contributed by atoms with Crippen molar-refractivity contribution in [3.8, 4) is 0 Å².